The van der Waals surface area contributed by atoms with E-state index in [2.05, 4.69) is 21.8 Å². The molecule has 1 saturated carbocycles. The van der Waals surface area contributed by atoms with E-state index in [9.17, 15) is 8.42 Å². The minimum absolute atomic E-state index is 0.0892. The first-order valence-electron chi connectivity index (χ1n) is 8.33. The van der Waals surface area contributed by atoms with Gasteiger partial charge in [0.15, 0.2) is 0 Å². The topological polar surface area (TPSA) is 82.8 Å². The van der Waals surface area contributed by atoms with Gasteiger partial charge in [-0.25, -0.2) is 13.1 Å². The van der Waals surface area contributed by atoms with Crippen LogP contribution in [0, 0.1) is 18.3 Å². The molecule has 1 heterocycles. The Hall–Kier alpha value is -2.23. The Labute approximate surface area is 148 Å². The number of benzene rings is 1. The van der Waals surface area contributed by atoms with E-state index in [-0.39, 0.29) is 11.2 Å². The van der Waals surface area contributed by atoms with E-state index < -0.39 is 10.0 Å². The summed E-state index contributed by atoms with van der Waals surface area (Å²) in [6, 6.07) is 9.99. The van der Waals surface area contributed by atoms with Crippen molar-refractivity contribution >= 4 is 10.0 Å². The Morgan fingerprint density at radius 3 is 2.60 bits per heavy atom. The summed E-state index contributed by atoms with van der Waals surface area (Å²) >= 11 is 0. The number of aryl methyl sites for hydroxylation is 1. The van der Waals surface area contributed by atoms with Gasteiger partial charge in [-0.1, -0.05) is 12.1 Å². The molecule has 5 nitrogen and oxygen atoms in total. The summed E-state index contributed by atoms with van der Waals surface area (Å²) < 4.78 is 26.2. The fourth-order valence-corrected chi connectivity index (χ4v) is 3.63. The summed E-state index contributed by atoms with van der Waals surface area (Å²) in [7, 11) is -3.20. The van der Waals surface area contributed by atoms with Gasteiger partial charge in [0.25, 0.3) is 0 Å². The Morgan fingerprint density at radius 2 is 2.00 bits per heavy atom. The summed E-state index contributed by atoms with van der Waals surface area (Å²) in [6.07, 6.45) is 5.54. The third-order valence-electron chi connectivity index (χ3n) is 4.89. The Bertz CT molecular complexity index is 941. The lowest BCUT2D eigenvalue weighted by molar-refractivity contribution is 0.568. The molecular weight excluding hydrogens is 334 g/mol. The average molecular weight is 355 g/mol. The second-order valence-electron chi connectivity index (χ2n) is 6.61. The van der Waals surface area contributed by atoms with Crippen molar-refractivity contribution in [3.63, 3.8) is 0 Å². The zero-order valence-electron chi connectivity index (χ0n) is 14.4. The number of nitrogens with one attached hydrogen (secondary N) is 1. The minimum Gasteiger partial charge on any atom is -0.264 e. The van der Waals surface area contributed by atoms with Crippen molar-refractivity contribution < 1.29 is 8.42 Å². The smallest absolute Gasteiger partial charge is 0.211 e. The number of rotatable bonds is 6. The second kappa shape index (κ2) is 6.58. The molecule has 0 saturated heterocycles. The molecule has 0 amide bonds. The van der Waals surface area contributed by atoms with Crippen molar-refractivity contribution in [3.05, 3.63) is 53.3 Å². The number of hydrogen-bond acceptors (Lipinski definition) is 4. The van der Waals surface area contributed by atoms with Gasteiger partial charge in [0, 0.05) is 29.9 Å². The van der Waals surface area contributed by atoms with E-state index in [0.29, 0.717) is 12.1 Å². The maximum absolute atomic E-state index is 11.7. The second-order valence-corrected chi connectivity index (χ2v) is 8.70. The summed E-state index contributed by atoms with van der Waals surface area (Å²) in [6.45, 7) is 3.97. The molecule has 2 aromatic rings. The normalized spacial score (nSPS) is 15.6. The third-order valence-corrected chi connectivity index (χ3v) is 6.24. The van der Waals surface area contributed by atoms with Crippen LogP contribution in [0.5, 0.6) is 0 Å². The Balaban J connectivity index is 1.87. The van der Waals surface area contributed by atoms with Gasteiger partial charge in [0.2, 0.25) is 10.0 Å². The SMILES string of the molecule is CCS(=O)(=O)NCC1(c2cncc(-c3ccc(C#N)c(C)c3)c2)CC1. The molecule has 1 fully saturated rings. The van der Waals surface area contributed by atoms with E-state index in [1.807, 2.05) is 31.3 Å². The van der Waals surface area contributed by atoms with Crippen molar-refractivity contribution in [2.24, 2.45) is 0 Å². The fraction of sp³-hybridized carbons (Fsp3) is 0.368. The highest BCUT2D eigenvalue weighted by molar-refractivity contribution is 7.89. The molecule has 0 aliphatic heterocycles. The van der Waals surface area contributed by atoms with Gasteiger partial charge in [-0.3, -0.25) is 4.98 Å². The van der Waals surface area contributed by atoms with Gasteiger partial charge >= 0.3 is 0 Å². The first-order valence-corrected chi connectivity index (χ1v) is 9.98. The van der Waals surface area contributed by atoms with Crippen molar-refractivity contribution in [3.8, 4) is 17.2 Å². The molecule has 130 valence electrons. The van der Waals surface area contributed by atoms with Crippen LogP contribution in [0.3, 0.4) is 0 Å². The quantitative estimate of drug-likeness (QED) is 0.864. The molecule has 1 aliphatic rings. The molecule has 0 spiro atoms. The maximum atomic E-state index is 11.7. The molecule has 1 aromatic carbocycles. The number of hydrogen-bond donors (Lipinski definition) is 1. The van der Waals surface area contributed by atoms with Crippen LogP contribution in [0.1, 0.15) is 36.5 Å². The molecule has 6 heteroatoms. The molecule has 25 heavy (non-hydrogen) atoms. The molecule has 1 N–H and O–H groups in total. The number of aromatic nitrogens is 1. The molecule has 0 bridgehead atoms. The highest BCUT2D eigenvalue weighted by atomic mass is 32.2. The first-order chi connectivity index (χ1) is 11.9. The standard InChI is InChI=1S/C19H21N3O2S/c1-3-25(23,24)22-13-19(6-7-19)18-9-17(11-21-12-18)15-4-5-16(10-20)14(2)8-15/h4-5,8-9,11-12,22H,3,6-7,13H2,1-2H3. The number of nitriles is 1. The van der Waals surface area contributed by atoms with Crippen LogP contribution in [0.15, 0.2) is 36.7 Å². The number of pyridine rings is 1. The molecule has 0 unspecified atom stereocenters. The highest BCUT2D eigenvalue weighted by Crippen LogP contribution is 2.48. The highest BCUT2D eigenvalue weighted by Gasteiger charge is 2.45. The van der Waals surface area contributed by atoms with Gasteiger partial charge in [-0.15, -0.1) is 0 Å². The van der Waals surface area contributed by atoms with Gasteiger partial charge in [-0.2, -0.15) is 5.26 Å². The van der Waals surface area contributed by atoms with E-state index >= 15 is 0 Å². The minimum atomic E-state index is -3.20. The van der Waals surface area contributed by atoms with Crippen molar-refractivity contribution in [1.29, 1.82) is 5.26 Å². The summed E-state index contributed by atoms with van der Waals surface area (Å²) in [4.78, 5) is 4.36. The van der Waals surface area contributed by atoms with Crippen LogP contribution in [-0.2, 0) is 15.4 Å². The number of nitrogens with zero attached hydrogens (tertiary/aromatic N) is 2. The van der Waals surface area contributed by atoms with Crippen LogP contribution in [0.4, 0.5) is 0 Å². The van der Waals surface area contributed by atoms with Gasteiger partial charge < -0.3 is 0 Å². The van der Waals surface area contributed by atoms with Crippen LogP contribution in [0.2, 0.25) is 0 Å². The predicted octanol–water partition coefficient (Wildman–Crippen LogP) is 2.90. The lowest BCUT2D eigenvalue weighted by Gasteiger charge is -2.17. The van der Waals surface area contributed by atoms with Gasteiger partial charge in [0.1, 0.15) is 0 Å². The molecular formula is C19H21N3O2S. The predicted molar refractivity (Wildman–Crippen MR) is 97.5 cm³/mol. The van der Waals surface area contributed by atoms with Crippen LogP contribution in [-0.4, -0.2) is 25.7 Å². The fourth-order valence-electron chi connectivity index (χ4n) is 2.93. The van der Waals surface area contributed by atoms with E-state index in [4.69, 9.17) is 5.26 Å². The average Bonchev–Trinajstić information content (AvgIpc) is 3.41. The van der Waals surface area contributed by atoms with Crippen LogP contribution < -0.4 is 4.72 Å². The van der Waals surface area contributed by atoms with E-state index in [1.54, 1.807) is 13.1 Å². The lowest BCUT2D eigenvalue weighted by Crippen LogP contribution is -2.33. The van der Waals surface area contributed by atoms with Gasteiger partial charge in [0.05, 0.1) is 17.4 Å². The summed E-state index contributed by atoms with van der Waals surface area (Å²) in [5, 5.41) is 9.07. The lowest BCUT2D eigenvalue weighted by atomic mass is 9.94. The monoisotopic (exact) mass is 355 g/mol. The number of sulfonamides is 1. The largest absolute Gasteiger partial charge is 0.264 e. The molecule has 1 aliphatic carbocycles. The molecule has 0 atom stereocenters. The summed E-state index contributed by atoms with van der Waals surface area (Å²) in [5.41, 5.74) is 4.51. The third kappa shape index (κ3) is 3.73. The molecule has 3 rings (SSSR count). The van der Waals surface area contributed by atoms with Crippen LogP contribution >= 0.6 is 0 Å². The van der Waals surface area contributed by atoms with Crippen molar-refractivity contribution in [2.45, 2.75) is 32.1 Å². The van der Waals surface area contributed by atoms with Gasteiger partial charge in [-0.05, 0) is 55.5 Å². The van der Waals surface area contributed by atoms with Crippen molar-refractivity contribution in [1.82, 2.24) is 9.71 Å². The maximum Gasteiger partial charge on any atom is 0.211 e. The Kier molecular flexibility index (Phi) is 4.63. The first kappa shape index (κ1) is 17.6. The molecule has 0 radical (unpaired) electrons. The van der Waals surface area contributed by atoms with E-state index in [0.717, 1.165) is 35.1 Å². The summed E-state index contributed by atoms with van der Waals surface area (Å²) in [5.74, 6) is 0.0892. The molecule has 1 aromatic heterocycles. The zero-order chi connectivity index (χ0) is 18.1. The van der Waals surface area contributed by atoms with Crippen molar-refractivity contribution in [2.75, 3.05) is 12.3 Å². The Morgan fingerprint density at radius 1 is 1.24 bits per heavy atom. The van der Waals surface area contributed by atoms with E-state index in [1.165, 1.54) is 0 Å². The zero-order valence-corrected chi connectivity index (χ0v) is 15.2. The van der Waals surface area contributed by atoms with Crippen LogP contribution in [0.25, 0.3) is 11.1 Å².